The van der Waals surface area contributed by atoms with Crippen LogP contribution in [-0.4, -0.2) is 18.4 Å². The van der Waals surface area contributed by atoms with Crippen molar-refractivity contribution in [2.45, 2.75) is 4.90 Å². The molecule has 0 unspecified atom stereocenters. The molecule has 0 aliphatic rings. The molecule has 1 aromatic carbocycles. The van der Waals surface area contributed by atoms with Crippen molar-refractivity contribution in [3.8, 4) is 0 Å². The first-order valence-corrected chi connectivity index (χ1v) is 6.32. The summed E-state index contributed by atoms with van der Waals surface area (Å²) in [6.07, 6.45) is 2.86. The molecule has 0 fully saturated rings. The van der Waals surface area contributed by atoms with Gasteiger partial charge in [0.1, 0.15) is 10.7 Å². The number of rotatable bonds is 3. The van der Waals surface area contributed by atoms with Crippen molar-refractivity contribution in [2.75, 3.05) is 4.72 Å². The molecule has 17 heavy (non-hydrogen) atoms. The van der Waals surface area contributed by atoms with Gasteiger partial charge in [-0.25, -0.2) is 22.5 Å². The fourth-order valence-corrected chi connectivity index (χ4v) is 2.71. The molecule has 0 aliphatic heterocycles. The van der Waals surface area contributed by atoms with Gasteiger partial charge in [-0.2, -0.15) is 0 Å². The number of aromatic nitrogens is 2. The second kappa shape index (κ2) is 4.34. The number of benzene rings is 1. The molecule has 0 spiro atoms. The second-order valence-corrected chi connectivity index (χ2v) is 5.18. The average molecular weight is 276 g/mol. The van der Waals surface area contributed by atoms with E-state index in [1.165, 1.54) is 12.4 Å². The van der Waals surface area contributed by atoms with E-state index >= 15 is 0 Å². The predicted molar refractivity (Wildman–Crippen MR) is 60.8 cm³/mol. The highest BCUT2D eigenvalue weighted by Crippen LogP contribution is 2.23. The van der Waals surface area contributed by atoms with Crippen LogP contribution in [0.25, 0.3) is 0 Å². The van der Waals surface area contributed by atoms with Crippen molar-refractivity contribution >= 4 is 27.6 Å². The van der Waals surface area contributed by atoms with Crippen molar-refractivity contribution in [2.24, 2.45) is 0 Å². The van der Waals surface area contributed by atoms with Crippen molar-refractivity contribution in [1.29, 1.82) is 0 Å². The first kappa shape index (κ1) is 11.9. The summed E-state index contributed by atoms with van der Waals surface area (Å²) in [7, 11) is -3.87. The number of imidazole rings is 1. The maximum absolute atomic E-state index is 12.8. The number of anilines is 1. The third kappa shape index (κ3) is 2.56. The van der Waals surface area contributed by atoms with Gasteiger partial charge in [0.25, 0.3) is 10.0 Å². The highest BCUT2D eigenvalue weighted by molar-refractivity contribution is 7.92. The number of nitrogens with one attached hydrogen (secondary N) is 2. The maximum Gasteiger partial charge on any atom is 0.265 e. The molecule has 2 aromatic rings. The number of halogens is 2. The number of nitrogens with zero attached hydrogens (tertiary/aromatic N) is 1. The molecule has 1 aromatic heterocycles. The highest BCUT2D eigenvalue weighted by Gasteiger charge is 2.19. The molecule has 2 rings (SSSR count). The number of sulfonamides is 1. The van der Waals surface area contributed by atoms with Crippen LogP contribution in [0.15, 0.2) is 35.5 Å². The molecule has 0 radical (unpaired) electrons. The molecule has 0 saturated heterocycles. The molecule has 0 atom stereocenters. The molecule has 2 N–H and O–H groups in total. The molecule has 0 amide bonds. The first-order chi connectivity index (χ1) is 7.99. The minimum Gasteiger partial charge on any atom is -0.330 e. The lowest BCUT2D eigenvalue weighted by atomic mass is 10.3. The lowest BCUT2D eigenvalue weighted by Gasteiger charge is -2.06. The zero-order chi connectivity index (χ0) is 12.5. The van der Waals surface area contributed by atoms with E-state index in [-0.39, 0.29) is 15.9 Å². The largest absolute Gasteiger partial charge is 0.330 e. The zero-order valence-corrected chi connectivity index (χ0v) is 9.89. The fourth-order valence-electron chi connectivity index (χ4n) is 1.20. The predicted octanol–water partition coefficient (Wildman–Crippen LogP) is 2.00. The van der Waals surface area contributed by atoms with E-state index in [0.717, 1.165) is 18.2 Å². The molecule has 0 bridgehead atoms. The van der Waals surface area contributed by atoms with Gasteiger partial charge < -0.3 is 4.98 Å². The third-order valence-corrected chi connectivity index (χ3v) is 3.73. The van der Waals surface area contributed by atoms with Gasteiger partial charge in [-0.05, 0) is 18.2 Å². The summed E-state index contributed by atoms with van der Waals surface area (Å²) in [5, 5.41) is -0.191. The minimum absolute atomic E-state index is 0.0605. The Hall–Kier alpha value is -1.60. The van der Waals surface area contributed by atoms with E-state index in [1.807, 2.05) is 0 Å². The van der Waals surface area contributed by atoms with Gasteiger partial charge in [-0.3, -0.25) is 0 Å². The smallest absolute Gasteiger partial charge is 0.265 e. The summed E-state index contributed by atoms with van der Waals surface area (Å²) in [6, 6.07) is 3.03. The topological polar surface area (TPSA) is 74.8 Å². The Bertz CT molecular complexity index is 628. The van der Waals surface area contributed by atoms with Crippen LogP contribution >= 0.6 is 11.6 Å². The summed E-state index contributed by atoms with van der Waals surface area (Å²) in [5.74, 6) is -0.544. The van der Waals surface area contributed by atoms with Crippen molar-refractivity contribution in [3.05, 3.63) is 41.4 Å². The maximum atomic E-state index is 12.8. The van der Waals surface area contributed by atoms with E-state index in [9.17, 15) is 12.8 Å². The lowest BCUT2D eigenvalue weighted by molar-refractivity contribution is 0.599. The lowest BCUT2D eigenvalue weighted by Crippen LogP contribution is -2.14. The van der Waals surface area contributed by atoms with Crippen LogP contribution in [0.2, 0.25) is 5.02 Å². The average Bonchev–Trinajstić information content (AvgIpc) is 2.68. The van der Waals surface area contributed by atoms with Gasteiger partial charge in [0.2, 0.25) is 5.95 Å². The SMILES string of the molecule is O=S(=O)(Nc1ncc[nH]1)c1ccc(F)cc1Cl. The molecule has 90 valence electrons. The van der Waals surface area contributed by atoms with Crippen LogP contribution < -0.4 is 4.72 Å². The standard InChI is InChI=1S/C9H7ClFN3O2S/c10-7-5-6(11)1-2-8(7)17(15,16)14-9-12-3-4-13-9/h1-5H,(H2,12,13,14). The number of aromatic amines is 1. The normalized spacial score (nSPS) is 11.4. The Morgan fingerprint density at radius 1 is 1.41 bits per heavy atom. The third-order valence-electron chi connectivity index (χ3n) is 1.91. The van der Waals surface area contributed by atoms with Gasteiger partial charge in [0, 0.05) is 12.4 Å². The minimum atomic E-state index is -3.87. The summed E-state index contributed by atoms with van der Waals surface area (Å²) in [6.45, 7) is 0. The first-order valence-electron chi connectivity index (χ1n) is 4.46. The van der Waals surface area contributed by atoms with Crippen LogP contribution in [-0.2, 0) is 10.0 Å². The Kier molecular flexibility index (Phi) is 3.03. The van der Waals surface area contributed by atoms with E-state index in [2.05, 4.69) is 14.7 Å². The number of hydrogen-bond acceptors (Lipinski definition) is 3. The van der Waals surface area contributed by atoms with Crippen LogP contribution in [0.5, 0.6) is 0 Å². The van der Waals surface area contributed by atoms with Crippen molar-refractivity contribution in [1.82, 2.24) is 9.97 Å². The second-order valence-electron chi connectivity index (χ2n) is 3.12. The van der Waals surface area contributed by atoms with E-state index in [0.29, 0.717) is 0 Å². The van der Waals surface area contributed by atoms with E-state index in [4.69, 9.17) is 11.6 Å². The molecule has 8 heteroatoms. The molecule has 0 aliphatic carbocycles. The number of H-pyrrole nitrogens is 1. The molecule has 1 heterocycles. The Morgan fingerprint density at radius 2 is 2.18 bits per heavy atom. The Morgan fingerprint density at radius 3 is 2.76 bits per heavy atom. The van der Waals surface area contributed by atoms with Crippen LogP contribution in [0.4, 0.5) is 10.3 Å². The van der Waals surface area contributed by atoms with Gasteiger partial charge in [0.15, 0.2) is 0 Å². The van der Waals surface area contributed by atoms with Crippen molar-refractivity contribution < 1.29 is 12.8 Å². The van der Waals surface area contributed by atoms with Crippen LogP contribution in [0, 0.1) is 5.82 Å². The summed E-state index contributed by atoms with van der Waals surface area (Å²) >= 11 is 5.66. The van der Waals surface area contributed by atoms with E-state index in [1.54, 1.807) is 0 Å². The summed E-state index contributed by atoms with van der Waals surface area (Å²) in [4.78, 5) is 6.08. The van der Waals surface area contributed by atoms with Gasteiger partial charge >= 0.3 is 0 Å². The summed E-state index contributed by atoms with van der Waals surface area (Å²) < 4.78 is 38.7. The van der Waals surface area contributed by atoms with Gasteiger partial charge in [-0.15, -0.1) is 0 Å². The quantitative estimate of drug-likeness (QED) is 0.900. The molecular weight excluding hydrogens is 269 g/mol. The molecular formula is C9H7ClFN3O2S. The van der Waals surface area contributed by atoms with Crippen LogP contribution in [0.1, 0.15) is 0 Å². The molecule has 5 nitrogen and oxygen atoms in total. The number of hydrogen-bond donors (Lipinski definition) is 2. The zero-order valence-electron chi connectivity index (χ0n) is 8.31. The monoisotopic (exact) mass is 275 g/mol. The summed E-state index contributed by atoms with van der Waals surface area (Å²) in [5.41, 5.74) is 0. The Labute approximate surface area is 102 Å². The van der Waals surface area contributed by atoms with Gasteiger partial charge in [-0.1, -0.05) is 11.6 Å². The molecule has 0 saturated carbocycles. The fraction of sp³-hybridized carbons (Fsp3) is 0. The van der Waals surface area contributed by atoms with Crippen LogP contribution in [0.3, 0.4) is 0 Å². The van der Waals surface area contributed by atoms with Gasteiger partial charge in [0.05, 0.1) is 5.02 Å². The van der Waals surface area contributed by atoms with Crippen molar-refractivity contribution in [3.63, 3.8) is 0 Å². The Balaban J connectivity index is 2.38. The highest BCUT2D eigenvalue weighted by atomic mass is 35.5. The van der Waals surface area contributed by atoms with E-state index < -0.39 is 15.8 Å².